The molecule has 6 nitrogen and oxygen atoms in total. The zero-order chi connectivity index (χ0) is 19.1. The van der Waals surface area contributed by atoms with Crippen LogP contribution in [-0.4, -0.2) is 10.8 Å². The highest BCUT2D eigenvalue weighted by Crippen LogP contribution is 2.40. The number of amides is 1. The van der Waals surface area contributed by atoms with Gasteiger partial charge >= 0.3 is 5.00 Å². The van der Waals surface area contributed by atoms with E-state index in [0.29, 0.717) is 26.8 Å². The summed E-state index contributed by atoms with van der Waals surface area (Å²) in [6.07, 6.45) is -0.551. The maximum Gasteiger partial charge on any atom is 0.324 e. The Balaban J connectivity index is 1.85. The number of nitro groups is 1. The number of fused-ring (bicyclic) bond motifs is 1. The van der Waals surface area contributed by atoms with Gasteiger partial charge in [-0.15, -0.1) is 0 Å². The molecule has 1 amide bonds. The van der Waals surface area contributed by atoms with Gasteiger partial charge in [0.2, 0.25) is 0 Å². The molecule has 2 heterocycles. The quantitative estimate of drug-likeness (QED) is 0.279. The molecule has 0 spiro atoms. The molecule has 0 unspecified atom stereocenters. The van der Waals surface area contributed by atoms with Crippen LogP contribution in [0.5, 0.6) is 0 Å². The molecule has 0 saturated carbocycles. The molecule has 0 bridgehead atoms. The zero-order valence-corrected chi connectivity index (χ0v) is 17.3. The standard InChI is InChI=1S/C18H11ClIN3O3S/c19-10-1-4-12(5-2-10)22-17(15-7-8-16(27-15)23(25)26)21-14-6-3-11(20)9-13(14)18(22)24/h1-9,17,21H/t17-/m0/s1. The third kappa shape index (κ3) is 3.40. The molecule has 1 aliphatic rings. The number of anilines is 2. The SMILES string of the molecule is O=C1c2cc(I)ccc2N[C@H](c2ccc([N+](=O)[O-])s2)N1c1ccc(Cl)cc1. The lowest BCUT2D eigenvalue weighted by atomic mass is 10.1. The topological polar surface area (TPSA) is 75.5 Å². The van der Waals surface area contributed by atoms with Gasteiger partial charge in [0.05, 0.1) is 15.4 Å². The van der Waals surface area contributed by atoms with E-state index in [0.717, 1.165) is 14.9 Å². The molecule has 4 rings (SSSR count). The van der Waals surface area contributed by atoms with E-state index in [1.165, 1.54) is 6.07 Å². The van der Waals surface area contributed by atoms with E-state index in [1.807, 2.05) is 18.2 Å². The Kier molecular flexibility index (Phi) is 4.79. The number of halogens is 2. The summed E-state index contributed by atoms with van der Waals surface area (Å²) in [5.74, 6) is -0.175. The second kappa shape index (κ2) is 7.10. The van der Waals surface area contributed by atoms with Crippen molar-refractivity contribution in [3.8, 4) is 0 Å². The molecular weight excluding hydrogens is 501 g/mol. The van der Waals surface area contributed by atoms with Crippen molar-refractivity contribution >= 4 is 67.8 Å². The first kappa shape index (κ1) is 18.2. The van der Waals surface area contributed by atoms with Gasteiger partial charge < -0.3 is 5.32 Å². The summed E-state index contributed by atoms with van der Waals surface area (Å²) in [6, 6.07) is 15.6. The van der Waals surface area contributed by atoms with E-state index in [4.69, 9.17) is 11.6 Å². The smallest absolute Gasteiger partial charge is 0.324 e. The number of thiophene rings is 1. The van der Waals surface area contributed by atoms with Crippen molar-refractivity contribution in [2.45, 2.75) is 6.17 Å². The maximum atomic E-state index is 13.3. The molecule has 9 heteroatoms. The fraction of sp³-hybridized carbons (Fsp3) is 0.0556. The number of nitrogens with one attached hydrogen (secondary N) is 1. The predicted molar refractivity (Wildman–Crippen MR) is 115 cm³/mol. The molecule has 1 aromatic heterocycles. The molecule has 0 aliphatic carbocycles. The van der Waals surface area contributed by atoms with E-state index < -0.39 is 11.1 Å². The minimum absolute atomic E-state index is 0.0312. The molecule has 0 radical (unpaired) electrons. The number of hydrogen-bond acceptors (Lipinski definition) is 5. The number of benzene rings is 2. The average Bonchev–Trinajstić information content (AvgIpc) is 3.13. The van der Waals surface area contributed by atoms with Crippen LogP contribution in [0, 0.1) is 13.7 Å². The Bertz CT molecular complexity index is 1050. The largest absolute Gasteiger partial charge is 0.360 e. The molecule has 0 saturated heterocycles. The second-order valence-corrected chi connectivity index (χ2v) is 8.60. The van der Waals surface area contributed by atoms with Crippen LogP contribution in [-0.2, 0) is 0 Å². The molecule has 27 heavy (non-hydrogen) atoms. The first-order valence-corrected chi connectivity index (χ1v) is 10.1. The summed E-state index contributed by atoms with van der Waals surface area (Å²) in [4.78, 5) is 26.2. The Morgan fingerprint density at radius 1 is 1.15 bits per heavy atom. The number of carbonyl (C=O) groups is 1. The zero-order valence-electron chi connectivity index (χ0n) is 13.6. The van der Waals surface area contributed by atoms with Crippen molar-refractivity contribution in [1.29, 1.82) is 0 Å². The molecular formula is C18H11ClIN3O3S. The summed E-state index contributed by atoms with van der Waals surface area (Å²) in [5.41, 5.74) is 1.91. The molecule has 0 fully saturated rings. The van der Waals surface area contributed by atoms with Crippen molar-refractivity contribution in [2.24, 2.45) is 0 Å². The summed E-state index contributed by atoms with van der Waals surface area (Å²) < 4.78 is 0.947. The van der Waals surface area contributed by atoms with Gasteiger partial charge in [0, 0.05) is 26.0 Å². The van der Waals surface area contributed by atoms with Gasteiger partial charge in [0.15, 0.2) is 0 Å². The van der Waals surface area contributed by atoms with Crippen LogP contribution in [0.3, 0.4) is 0 Å². The van der Waals surface area contributed by atoms with Gasteiger partial charge in [-0.1, -0.05) is 22.9 Å². The van der Waals surface area contributed by atoms with Crippen LogP contribution < -0.4 is 10.2 Å². The normalized spacial score (nSPS) is 16.0. The molecule has 136 valence electrons. The van der Waals surface area contributed by atoms with Gasteiger partial charge in [-0.05, 0) is 71.1 Å². The van der Waals surface area contributed by atoms with Gasteiger partial charge in [-0.25, -0.2) is 0 Å². The van der Waals surface area contributed by atoms with Crippen molar-refractivity contribution in [2.75, 3.05) is 10.2 Å². The average molecular weight is 512 g/mol. The molecule has 3 aromatic rings. The number of rotatable bonds is 3. The van der Waals surface area contributed by atoms with E-state index in [-0.39, 0.29) is 10.9 Å². The van der Waals surface area contributed by atoms with E-state index >= 15 is 0 Å². The predicted octanol–water partition coefficient (Wildman–Crippen LogP) is 5.69. The highest BCUT2D eigenvalue weighted by molar-refractivity contribution is 14.1. The van der Waals surface area contributed by atoms with Crippen molar-refractivity contribution in [1.82, 2.24) is 0 Å². The van der Waals surface area contributed by atoms with Crippen LogP contribution in [0.2, 0.25) is 5.02 Å². The van der Waals surface area contributed by atoms with Crippen molar-refractivity contribution in [3.05, 3.63) is 83.7 Å². The number of nitrogens with zero attached hydrogens (tertiary/aromatic N) is 2. The fourth-order valence-corrected chi connectivity index (χ4v) is 4.41. The van der Waals surface area contributed by atoms with Crippen LogP contribution in [0.1, 0.15) is 21.4 Å². The molecule has 1 aliphatic heterocycles. The fourth-order valence-electron chi connectivity index (χ4n) is 2.93. The van der Waals surface area contributed by atoms with E-state index in [1.54, 1.807) is 35.2 Å². The third-order valence-corrected chi connectivity index (χ3v) is 6.16. The Morgan fingerprint density at radius 2 is 1.89 bits per heavy atom. The van der Waals surface area contributed by atoms with Gasteiger partial charge in [0.1, 0.15) is 6.17 Å². The van der Waals surface area contributed by atoms with Gasteiger partial charge in [-0.2, -0.15) is 0 Å². The minimum atomic E-state index is -0.551. The van der Waals surface area contributed by atoms with Crippen molar-refractivity contribution < 1.29 is 9.72 Å². The maximum absolute atomic E-state index is 13.3. The second-order valence-electron chi connectivity index (χ2n) is 5.82. The van der Waals surface area contributed by atoms with Crippen molar-refractivity contribution in [3.63, 3.8) is 0 Å². The Hall–Kier alpha value is -2.17. The Labute approximate surface area is 177 Å². The minimum Gasteiger partial charge on any atom is -0.360 e. The lowest BCUT2D eigenvalue weighted by molar-refractivity contribution is -0.380. The molecule has 1 atom stereocenters. The third-order valence-electron chi connectivity index (χ3n) is 4.15. The van der Waals surface area contributed by atoms with E-state index in [9.17, 15) is 14.9 Å². The number of carbonyl (C=O) groups excluding carboxylic acids is 1. The van der Waals surface area contributed by atoms with Gasteiger partial charge in [0.25, 0.3) is 5.91 Å². The first-order valence-electron chi connectivity index (χ1n) is 7.83. The van der Waals surface area contributed by atoms with E-state index in [2.05, 4.69) is 27.9 Å². The number of hydrogen-bond donors (Lipinski definition) is 1. The summed E-state index contributed by atoms with van der Waals surface area (Å²) in [7, 11) is 0. The molecule has 1 N–H and O–H groups in total. The summed E-state index contributed by atoms with van der Waals surface area (Å²) >= 11 is 9.19. The van der Waals surface area contributed by atoms with Crippen LogP contribution in [0.25, 0.3) is 0 Å². The lowest BCUT2D eigenvalue weighted by Crippen LogP contribution is -2.42. The highest BCUT2D eigenvalue weighted by atomic mass is 127. The monoisotopic (exact) mass is 511 g/mol. The van der Waals surface area contributed by atoms with Crippen LogP contribution >= 0.6 is 45.5 Å². The highest BCUT2D eigenvalue weighted by Gasteiger charge is 2.35. The Morgan fingerprint density at radius 3 is 2.56 bits per heavy atom. The first-order chi connectivity index (χ1) is 12.9. The van der Waals surface area contributed by atoms with Crippen LogP contribution in [0.15, 0.2) is 54.6 Å². The van der Waals surface area contributed by atoms with Crippen LogP contribution in [0.4, 0.5) is 16.4 Å². The molecule has 2 aromatic carbocycles. The van der Waals surface area contributed by atoms with Gasteiger partial charge in [-0.3, -0.25) is 19.8 Å². The summed E-state index contributed by atoms with van der Waals surface area (Å²) in [5, 5.41) is 15.0. The lowest BCUT2D eigenvalue weighted by Gasteiger charge is -2.37. The summed E-state index contributed by atoms with van der Waals surface area (Å²) in [6.45, 7) is 0.